The van der Waals surface area contributed by atoms with Crippen molar-refractivity contribution in [1.29, 1.82) is 0 Å². The van der Waals surface area contributed by atoms with Crippen molar-refractivity contribution in [1.82, 2.24) is 20.3 Å². The van der Waals surface area contributed by atoms with Gasteiger partial charge in [0.15, 0.2) is 0 Å². The fraction of sp³-hybridized carbons (Fsp3) is 0.235. The Kier molecular flexibility index (Phi) is 10.2. The molecule has 4 N–H and O–H groups in total. The largest absolute Gasteiger partial charge is 0.397 e. The molecular weight excluding hydrogens is 546 g/mol. The van der Waals surface area contributed by atoms with Gasteiger partial charge in [0.05, 0.1) is 21.4 Å². The van der Waals surface area contributed by atoms with Crippen LogP contribution in [0, 0.1) is 18.8 Å². The van der Waals surface area contributed by atoms with Crippen LogP contribution in [0.3, 0.4) is 0 Å². The van der Waals surface area contributed by atoms with E-state index in [0.717, 1.165) is 59.9 Å². The summed E-state index contributed by atoms with van der Waals surface area (Å²) in [6.07, 6.45) is 22.6. The van der Waals surface area contributed by atoms with E-state index in [4.69, 9.17) is 22.3 Å². The molecule has 0 unspecified atom stereocenters. The van der Waals surface area contributed by atoms with E-state index in [1.165, 1.54) is 32.1 Å². The molecule has 0 atom stereocenters. The Labute approximate surface area is 252 Å². The fourth-order valence-corrected chi connectivity index (χ4v) is 6.29. The number of H-pyrrole nitrogens is 1. The molecule has 0 radical (unpaired) electrons. The lowest BCUT2D eigenvalue weighted by atomic mass is 9.87. The second-order valence-electron chi connectivity index (χ2n) is 9.96. The molecule has 0 aromatic carbocycles. The third kappa shape index (κ3) is 7.18. The van der Waals surface area contributed by atoms with Gasteiger partial charge < -0.3 is 16.0 Å². The van der Waals surface area contributed by atoms with Gasteiger partial charge in [-0.2, -0.15) is 0 Å². The van der Waals surface area contributed by atoms with Crippen molar-refractivity contribution in [3.63, 3.8) is 0 Å². The van der Waals surface area contributed by atoms with Crippen LogP contribution in [0.4, 0.5) is 5.69 Å². The first-order valence-electron chi connectivity index (χ1n) is 13.7. The normalized spacial score (nSPS) is 14.3. The predicted octanol–water partition coefficient (Wildman–Crippen LogP) is 8.92. The molecule has 5 rings (SSSR count). The number of anilines is 1. The molecule has 4 aromatic heterocycles. The summed E-state index contributed by atoms with van der Waals surface area (Å²) in [5.74, 6) is 0.514. The van der Waals surface area contributed by atoms with Crippen molar-refractivity contribution in [2.45, 2.75) is 45.4 Å². The van der Waals surface area contributed by atoms with Crippen molar-refractivity contribution in [3.05, 3.63) is 107 Å². The van der Waals surface area contributed by atoms with Crippen LogP contribution in [0.25, 0.3) is 27.0 Å². The molecule has 0 amide bonds. The number of rotatable bonds is 9. The number of terminal acetylenes is 1. The average molecular weight is 582 g/mol. The van der Waals surface area contributed by atoms with Gasteiger partial charge >= 0.3 is 0 Å². The lowest BCUT2D eigenvalue weighted by Crippen LogP contribution is -2.20. The average Bonchev–Trinajstić information content (AvgIpc) is 3.63. The summed E-state index contributed by atoms with van der Waals surface area (Å²) in [6, 6.07) is 12.0. The molecule has 0 aliphatic heterocycles. The van der Waals surface area contributed by atoms with Crippen molar-refractivity contribution >= 4 is 45.2 Å². The Morgan fingerprint density at radius 2 is 1.98 bits per heavy atom. The van der Waals surface area contributed by atoms with Crippen LogP contribution in [0.2, 0.25) is 4.34 Å². The van der Waals surface area contributed by atoms with Crippen LogP contribution < -0.4 is 11.1 Å². The lowest BCUT2D eigenvalue weighted by Gasteiger charge is -2.25. The van der Waals surface area contributed by atoms with Gasteiger partial charge in [-0.05, 0) is 79.8 Å². The Hall–Kier alpha value is -4.05. The molecule has 4 heterocycles. The van der Waals surface area contributed by atoms with Gasteiger partial charge in [-0.15, -0.1) is 24.2 Å². The first kappa shape index (κ1) is 29.9. The molecule has 0 spiro atoms. The Balaban J connectivity index is 0.00000189. The van der Waals surface area contributed by atoms with Crippen LogP contribution in [-0.2, 0) is 6.42 Å². The third-order valence-electron chi connectivity index (χ3n) is 7.33. The van der Waals surface area contributed by atoms with Crippen molar-refractivity contribution in [3.8, 4) is 23.3 Å². The van der Waals surface area contributed by atoms with Gasteiger partial charge in [0.1, 0.15) is 5.65 Å². The van der Waals surface area contributed by atoms with Crippen LogP contribution in [0.1, 0.15) is 56.1 Å². The number of hydrogen-bond donors (Lipinski definition) is 3. The molecule has 210 valence electrons. The van der Waals surface area contributed by atoms with Gasteiger partial charge in [-0.1, -0.05) is 50.1 Å². The lowest BCUT2D eigenvalue weighted by molar-refractivity contribution is 0.393. The summed E-state index contributed by atoms with van der Waals surface area (Å²) >= 11 is 7.75. The highest BCUT2D eigenvalue weighted by Crippen LogP contribution is 2.35. The van der Waals surface area contributed by atoms with Crippen LogP contribution in [0.5, 0.6) is 0 Å². The second-order valence-corrected chi connectivity index (χ2v) is 11.7. The number of nitrogen functional groups attached to an aromatic ring is 1. The van der Waals surface area contributed by atoms with E-state index in [-0.39, 0.29) is 0 Å². The first-order chi connectivity index (χ1) is 19.9. The van der Waals surface area contributed by atoms with Gasteiger partial charge in [-0.25, -0.2) is 4.98 Å². The molecule has 4 aromatic rings. The molecule has 0 saturated heterocycles. The Morgan fingerprint density at radius 1 is 1.20 bits per heavy atom. The number of nitrogens with two attached hydrogens (primary N) is 1. The summed E-state index contributed by atoms with van der Waals surface area (Å²) < 4.78 is 0.765. The molecule has 1 aliphatic carbocycles. The third-order valence-corrected chi connectivity index (χ3v) is 8.60. The van der Waals surface area contributed by atoms with E-state index in [2.05, 4.69) is 59.5 Å². The number of aromatic nitrogens is 3. The predicted molar refractivity (Wildman–Crippen MR) is 177 cm³/mol. The first-order valence-corrected chi connectivity index (χ1v) is 14.9. The number of thiophene rings is 1. The summed E-state index contributed by atoms with van der Waals surface area (Å²) in [4.78, 5) is 14.1. The van der Waals surface area contributed by atoms with Crippen molar-refractivity contribution in [2.75, 3.05) is 5.73 Å². The van der Waals surface area contributed by atoms with Crippen LogP contribution in [0.15, 0.2) is 85.4 Å². The van der Waals surface area contributed by atoms with Crippen LogP contribution >= 0.6 is 22.9 Å². The highest BCUT2D eigenvalue weighted by molar-refractivity contribution is 7.19. The maximum absolute atomic E-state index is 6.39. The van der Waals surface area contributed by atoms with Crippen LogP contribution in [-0.4, -0.2) is 15.0 Å². The number of hydrogen-bond acceptors (Lipinski definition) is 5. The Morgan fingerprint density at radius 3 is 2.66 bits per heavy atom. The maximum atomic E-state index is 6.39. The zero-order valence-corrected chi connectivity index (χ0v) is 25.0. The summed E-state index contributed by atoms with van der Waals surface area (Å²) in [6.45, 7) is 10.4. The smallest absolute Gasteiger partial charge is 0.138 e. The second kappa shape index (κ2) is 14.0. The number of aromatic amines is 1. The molecular formula is C34H36ClN5S. The van der Waals surface area contributed by atoms with Gasteiger partial charge in [0, 0.05) is 45.5 Å². The highest BCUT2D eigenvalue weighted by atomic mass is 35.5. The molecule has 5 nitrogen and oxygen atoms in total. The summed E-state index contributed by atoms with van der Waals surface area (Å²) in [5.41, 5.74) is 14.6. The zero-order chi connectivity index (χ0) is 29.4. The van der Waals surface area contributed by atoms with Crippen molar-refractivity contribution < 1.29 is 0 Å². The fourth-order valence-electron chi connectivity index (χ4n) is 5.20. The number of nitrogens with one attached hydrogen (secondary N) is 2. The molecule has 0 bridgehead atoms. The maximum Gasteiger partial charge on any atom is 0.138 e. The van der Waals surface area contributed by atoms with Gasteiger partial charge in [0.2, 0.25) is 0 Å². The van der Waals surface area contributed by atoms with Gasteiger partial charge in [0.25, 0.3) is 0 Å². The molecule has 1 aliphatic rings. The Bertz CT molecular complexity index is 1610. The summed E-state index contributed by atoms with van der Waals surface area (Å²) in [7, 11) is 0. The summed E-state index contributed by atoms with van der Waals surface area (Å²) in [5, 5.41) is 4.56. The highest BCUT2D eigenvalue weighted by Gasteiger charge is 2.17. The number of pyridine rings is 2. The number of allylic oxidation sites excluding steroid dienone is 5. The van der Waals surface area contributed by atoms with E-state index in [0.29, 0.717) is 18.0 Å². The molecule has 7 heteroatoms. The monoisotopic (exact) mass is 581 g/mol. The minimum Gasteiger partial charge on any atom is -0.397 e. The quantitative estimate of drug-likeness (QED) is 0.136. The van der Waals surface area contributed by atoms with E-state index < -0.39 is 0 Å². The van der Waals surface area contributed by atoms with E-state index in [9.17, 15) is 0 Å². The van der Waals surface area contributed by atoms with Gasteiger partial charge in [-0.3, -0.25) is 4.98 Å². The zero-order valence-electron chi connectivity index (χ0n) is 23.4. The molecule has 41 heavy (non-hydrogen) atoms. The number of halogens is 1. The van der Waals surface area contributed by atoms with E-state index in [1.807, 2.05) is 49.5 Å². The standard InChI is InChI=1S/C32H34ClN5S.C2H2/c1-4-21(17-23(5-2)36-20(3)22-9-7-6-8-10-22)28-12-11-27(34)29(38-28)19-24-18-26-25(15-16-35-32(26)37-24)30-13-14-31(33)39-30;1-2/h4-5,11-18,22,36H,2-3,6-10,19,34H2,1H3,(H,35,37);1-2H/b21-4+,23-17+;. The number of nitrogens with zero attached hydrogens (tertiary/aromatic N) is 2. The minimum absolute atomic E-state index is 0.514. The number of fused-ring (bicyclic) bond motifs is 1. The van der Waals surface area contributed by atoms with E-state index >= 15 is 0 Å². The SMILES string of the molecule is C#C.C=C/C(=C\C(=C/C)c1ccc(N)c(Cc2cc3c(-c4ccc(Cl)s4)ccnc3[nH]2)n1)NC(=C)C1CCCCC1. The molecule has 1 saturated carbocycles. The molecule has 1 fully saturated rings. The van der Waals surface area contributed by atoms with E-state index in [1.54, 1.807) is 11.3 Å². The topological polar surface area (TPSA) is 79.6 Å². The minimum atomic E-state index is 0.514. The van der Waals surface area contributed by atoms with Crippen molar-refractivity contribution in [2.24, 2.45) is 5.92 Å².